The third-order valence-corrected chi connectivity index (χ3v) is 3.11. The Morgan fingerprint density at radius 3 is 2.56 bits per heavy atom. The zero-order valence-electron chi connectivity index (χ0n) is 10.5. The summed E-state index contributed by atoms with van der Waals surface area (Å²) in [6.45, 7) is 1.90. The minimum absolute atomic E-state index is 0.188. The Hall–Kier alpha value is -1.45. The van der Waals surface area contributed by atoms with Gasteiger partial charge in [-0.1, -0.05) is 23.7 Å². The summed E-state index contributed by atoms with van der Waals surface area (Å²) in [6.07, 6.45) is 2.67. The predicted molar refractivity (Wildman–Crippen MR) is 73.7 cm³/mol. The molecule has 0 saturated carbocycles. The summed E-state index contributed by atoms with van der Waals surface area (Å²) in [4.78, 5) is 8.58. The summed E-state index contributed by atoms with van der Waals surface area (Å²) >= 11 is 5.88. The van der Waals surface area contributed by atoms with Crippen molar-refractivity contribution in [3.05, 3.63) is 58.6 Å². The van der Waals surface area contributed by atoms with Gasteiger partial charge >= 0.3 is 0 Å². The highest BCUT2D eigenvalue weighted by atomic mass is 35.5. The van der Waals surface area contributed by atoms with Gasteiger partial charge in [0.2, 0.25) is 0 Å². The van der Waals surface area contributed by atoms with Crippen LogP contribution in [0.5, 0.6) is 0 Å². The highest BCUT2D eigenvalue weighted by Gasteiger charge is 2.11. The van der Waals surface area contributed by atoms with Crippen LogP contribution in [0.1, 0.15) is 23.1 Å². The van der Waals surface area contributed by atoms with Gasteiger partial charge in [-0.25, -0.2) is 9.97 Å². The first-order chi connectivity index (χ1) is 8.69. The Kier molecular flexibility index (Phi) is 4.28. The van der Waals surface area contributed by atoms with E-state index in [0.717, 1.165) is 23.0 Å². The van der Waals surface area contributed by atoms with Crippen LogP contribution in [-0.4, -0.2) is 17.0 Å². The van der Waals surface area contributed by atoms with Crippen LogP contribution in [0.25, 0.3) is 0 Å². The number of halogens is 1. The number of benzene rings is 1. The van der Waals surface area contributed by atoms with E-state index in [2.05, 4.69) is 15.3 Å². The van der Waals surface area contributed by atoms with Gasteiger partial charge < -0.3 is 5.32 Å². The molecule has 18 heavy (non-hydrogen) atoms. The number of likely N-dealkylation sites (N-methyl/N-ethyl adjacent to an activating group) is 1. The van der Waals surface area contributed by atoms with E-state index in [4.69, 9.17) is 11.6 Å². The molecule has 94 valence electrons. The second-order valence-corrected chi connectivity index (χ2v) is 4.64. The predicted octanol–water partition coefficient (Wildman–Crippen LogP) is 2.94. The maximum Gasteiger partial charge on any atom is 0.125 e. The van der Waals surface area contributed by atoms with Crippen LogP contribution < -0.4 is 5.32 Å². The molecule has 1 atom stereocenters. The van der Waals surface area contributed by atoms with E-state index in [1.54, 1.807) is 6.20 Å². The van der Waals surface area contributed by atoms with Crippen LogP contribution in [0.4, 0.5) is 0 Å². The Morgan fingerprint density at radius 2 is 1.94 bits per heavy atom. The van der Waals surface area contributed by atoms with Crippen molar-refractivity contribution in [1.82, 2.24) is 15.3 Å². The molecular formula is C14H16ClN3. The summed E-state index contributed by atoms with van der Waals surface area (Å²) in [7, 11) is 1.94. The lowest BCUT2D eigenvalue weighted by Gasteiger charge is -2.16. The van der Waals surface area contributed by atoms with E-state index in [0.29, 0.717) is 0 Å². The van der Waals surface area contributed by atoms with E-state index in [1.165, 1.54) is 5.56 Å². The van der Waals surface area contributed by atoms with Crippen molar-refractivity contribution in [3.63, 3.8) is 0 Å². The van der Waals surface area contributed by atoms with Gasteiger partial charge in [-0.05, 0) is 44.2 Å². The fourth-order valence-electron chi connectivity index (χ4n) is 1.88. The molecule has 0 radical (unpaired) electrons. The standard InChI is InChI=1S/C14H16ClN3/c1-10-17-8-7-13(18-10)14(16-2)9-11-3-5-12(15)6-4-11/h3-8,14,16H,9H2,1-2H3. The van der Waals surface area contributed by atoms with Crippen LogP contribution in [-0.2, 0) is 6.42 Å². The second-order valence-electron chi connectivity index (χ2n) is 4.20. The fraction of sp³-hybridized carbons (Fsp3) is 0.286. The van der Waals surface area contributed by atoms with Crippen molar-refractivity contribution >= 4 is 11.6 Å². The second kappa shape index (κ2) is 5.94. The van der Waals surface area contributed by atoms with E-state index in [-0.39, 0.29) is 6.04 Å². The fourth-order valence-corrected chi connectivity index (χ4v) is 2.01. The molecule has 1 heterocycles. The zero-order valence-corrected chi connectivity index (χ0v) is 11.3. The van der Waals surface area contributed by atoms with Crippen LogP contribution in [0.2, 0.25) is 5.02 Å². The monoisotopic (exact) mass is 261 g/mol. The van der Waals surface area contributed by atoms with Crippen molar-refractivity contribution in [3.8, 4) is 0 Å². The number of hydrogen-bond donors (Lipinski definition) is 1. The van der Waals surface area contributed by atoms with Gasteiger partial charge in [0, 0.05) is 11.2 Å². The smallest absolute Gasteiger partial charge is 0.125 e. The Labute approximate surface area is 112 Å². The van der Waals surface area contributed by atoms with Gasteiger partial charge in [-0.2, -0.15) is 0 Å². The molecule has 4 heteroatoms. The van der Waals surface area contributed by atoms with Gasteiger partial charge in [0.15, 0.2) is 0 Å². The Balaban J connectivity index is 2.17. The van der Waals surface area contributed by atoms with E-state index in [9.17, 15) is 0 Å². The molecule has 1 aromatic heterocycles. The first-order valence-electron chi connectivity index (χ1n) is 5.90. The average Bonchev–Trinajstić information content (AvgIpc) is 2.38. The lowest BCUT2D eigenvalue weighted by atomic mass is 10.0. The summed E-state index contributed by atoms with van der Waals surface area (Å²) in [6, 6.07) is 10.0. The SMILES string of the molecule is CNC(Cc1ccc(Cl)cc1)c1ccnc(C)n1. The van der Waals surface area contributed by atoms with Crippen LogP contribution in [0, 0.1) is 6.92 Å². The Morgan fingerprint density at radius 1 is 1.22 bits per heavy atom. The van der Waals surface area contributed by atoms with Gasteiger partial charge in [-0.15, -0.1) is 0 Å². The van der Waals surface area contributed by atoms with E-state index >= 15 is 0 Å². The number of hydrogen-bond acceptors (Lipinski definition) is 3. The lowest BCUT2D eigenvalue weighted by Crippen LogP contribution is -2.20. The molecular weight excluding hydrogens is 246 g/mol. The molecule has 0 saturated heterocycles. The molecule has 0 aliphatic heterocycles. The average molecular weight is 262 g/mol. The third-order valence-electron chi connectivity index (χ3n) is 2.86. The number of aromatic nitrogens is 2. The first-order valence-corrected chi connectivity index (χ1v) is 6.28. The van der Waals surface area contributed by atoms with Crippen molar-refractivity contribution in [2.75, 3.05) is 7.05 Å². The highest BCUT2D eigenvalue weighted by molar-refractivity contribution is 6.30. The molecule has 1 unspecified atom stereocenters. The normalized spacial score (nSPS) is 12.4. The lowest BCUT2D eigenvalue weighted by molar-refractivity contribution is 0.572. The Bertz CT molecular complexity index is 511. The molecule has 1 N–H and O–H groups in total. The molecule has 0 aliphatic rings. The molecule has 1 aromatic carbocycles. The zero-order chi connectivity index (χ0) is 13.0. The topological polar surface area (TPSA) is 37.8 Å². The largest absolute Gasteiger partial charge is 0.311 e. The molecule has 0 bridgehead atoms. The maximum absolute atomic E-state index is 5.88. The molecule has 0 spiro atoms. The molecule has 2 aromatic rings. The number of nitrogens with zero attached hydrogens (tertiary/aromatic N) is 2. The van der Waals surface area contributed by atoms with Crippen molar-refractivity contribution < 1.29 is 0 Å². The molecule has 0 fully saturated rings. The van der Waals surface area contributed by atoms with Crippen molar-refractivity contribution in [1.29, 1.82) is 0 Å². The maximum atomic E-state index is 5.88. The first kappa shape index (κ1) is 13.0. The third kappa shape index (κ3) is 3.28. The summed E-state index contributed by atoms with van der Waals surface area (Å²) < 4.78 is 0. The number of aryl methyl sites for hydroxylation is 1. The van der Waals surface area contributed by atoms with Gasteiger partial charge in [0.25, 0.3) is 0 Å². The number of nitrogens with one attached hydrogen (secondary N) is 1. The highest BCUT2D eigenvalue weighted by Crippen LogP contribution is 2.18. The minimum Gasteiger partial charge on any atom is -0.311 e. The summed E-state index contributed by atoms with van der Waals surface area (Å²) in [5, 5.41) is 4.05. The number of rotatable bonds is 4. The van der Waals surface area contributed by atoms with Crippen molar-refractivity contribution in [2.24, 2.45) is 0 Å². The van der Waals surface area contributed by atoms with Crippen LogP contribution >= 0.6 is 11.6 Å². The van der Waals surface area contributed by atoms with Gasteiger partial charge in [0.1, 0.15) is 5.82 Å². The van der Waals surface area contributed by atoms with Gasteiger partial charge in [-0.3, -0.25) is 0 Å². The summed E-state index contributed by atoms with van der Waals surface area (Å²) in [5.41, 5.74) is 2.25. The van der Waals surface area contributed by atoms with Crippen LogP contribution in [0.15, 0.2) is 36.5 Å². The minimum atomic E-state index is 0.188. The molecule has 0 amide bonds. The quantitative estimate of drug-likeness (QED) is 0.920. The van der Waals surface area contributed by atoms with Crippen LogP contribution in [0.3, 0.4) is 0 Å². The van der Waals surface area contributed by atoms with E-state index < -0.39 is 0 Å². The van der Waals surface area contributed by atoms with Crippen molar-refractivity contribution in [2.45, 2.75) is 19.4 Å². The summed E-state index contributed by atoms with van der Waals surface area (Å²) in [5.74, 6) is 0.795. The molecule has 0 aliphatic carbocycles. The van der Waals surface area contributed by atoms with Gasteiger partial charge in [0.05, 0.1) is 11.7 Å². The molecule has 3 nitrogen and oxygen atoms in total. The van der Waals surface area contributed by atoms with E-state index in [1.807, 2.05) is 44.3 Å². The molecule has 2 rings (SSSR count).